The van der Waals surface area contributed by atoms with E-state index in [0.29, 0.717) is 0 Å². The number of hydrogen-bond acceptors (Lipinski definition) is 12. The first kappa shape index (κ1) is 56.3. The summed E-state index contributed by atoms with van der Waals surface area (Å²) < 4.78 is 0. The monoisotopic (exact) mass is 1000 g/mol. The van der Waals surface area contributed by atoms with E-state index < -0.39 is 36.4 Å². The molecule has 6 N–H and O–H groups in total. The van der Waals surface area contributed by atoms with Crippen LogP contribution in [0, 0.1) is 24.7 Å². The number of aliphatic hydroxyl groups is 2. The number of nitrogens with one attached hydrogen (secondary N) is 4. The molecule has 0 spiro atoms. The summed E-state index contributed by atoms with van der Waals surface area (Å²) in [5, 5.41) is 33.7. The van der Waals surface area contributed by atoms with Gasteiger partial charge in [0.25, 0.3) is 0 Å². The predicted octanol–water partition coefficient (Wildman–Crippen LogP) is 8.12. The van der Waals surface area contributed by atoms with Gasteiger partial charge < -0.3 is 41.3 Å². The lowest BCUT2D eigenvalue weighted by molar-refractivity contribution is -0.143. The smallest absolute Gasteiger partial charge is 0.243 e. The first-order valence-electron chi connectivity index (χ1n) is 24.5. The van der Waals surface area contributed by atoms with E-state index in [2.05, 4.69) is 31.2 Å². The molecule has 2 aromatic carbocycles. The maximum absolute atomic E-state index is 13.6. The van der Waals surface area contributed by atoms with Gasteiger partial charge in [-0.15, -0.1) is 22.7 Å². The van der Waals surface area contributed by atoms with Crippen LogP contribution in [0.3, 0.4) is 0 Å². The van der Waals surface area contributed by atoms with Crippen LogP contribution in [0.4, 0.5) is 0 Å². The van der Waals surface area contributed by atoms with Gasteiger partial charge in [0, 0.05) is 37.0 Å². The zero-order valence-electron chi connectivity index (χ0n) is 44.4. The molecule has 2 aromatic heterocycles. The normalized spacial score (nSPS) is 20.5. The van der Waals surface area contributed by atoms with Crippen molar-refractivity contribution in [2.24, 2.45) is 10.8 Å². The van der Waals surface area contributed by atoms with Gasteiger partial charge in [0.1, 0.15) is 12.1 Å². The highest BCUT2D eigenvalue weighted by molar-refractivity contribution is 7.13. The molecule has 0 saturated carbocycles. The van der Waals surface area contributed by atoms with Crippen molar-refractivity contribution >= 4 is 46.3 Å². The summed E-state index contributed by atoms with van der Waals surface area (Å²) in [6, 6.07) is 13.4. The molecular weight excluding hydrogens is 921 g/mol. The highest BCUT2D eigenvalue weighted by atomic mass is 32.1. The molecule has 2 aliphatic heterocycles. The lowest BCUT2D eigenvalue weighted by Crippen LogP contribution is -2.60. The Morgan fingerprint density at radius 2 is 0.886 bits per heavy atom. The van der Waals surface area contributed by atoms with Crippen LogP contribution in [0.2, 0.25) is 0 Å². The highest BCUT2D eigenvalue weighted by Crippen LogP contribution is 2.33. The third kappa shape index (κ3) is 14.8. The minimum atomic E-state index is -0.720. The number of hydrogen-bond donors (Lipinski definition) is 6. The Bertz CT molecular complexity index is 2240. The third-order valence-corrected chi connectivity index (χ3v) is 14.6. The molecule has 14 nitrogen and oxygen atoms in total. The molecule has 0 radical (unpaired) electrons. The lowest BCUT2D eigenvalue weighted by atomic mass is 9.84. The number of thiazole rings is 2. The Morgan fingerprint density at radius 1 is 0.571 bits per heavy atom. The molecule has 2 saturated heterocycles. The summed E-state index contributed by atoms with van der Waals surface area (Å²) in [6.07, 6.45) is -0.968. The SMILES string of the molecule is Cc1ncsc1-c1ccc([C@@H](C)NC(=O)C2C[C@H](O)CN2C(=O)[C@H](NC(C)(C)C)C(C)(C)C)cc1.Cc1ncsc1-c1ccc([C@H](C)NC(=O)[C@@H]2C[C@@H](O)CN2C(=O)[C@@H](NC(C)(C)C)C(C)(C)C)cc1. The molecule has 2 fully saturated rings. The van der Waals surface area contributed by atoms with Crippen molar-refractivity contribution in [3.63, 3.8) is 0 Å². The van der Waals surface area contributed by atoms with Crippen LogP contribution >= 0.6 is 22.7 Å². The molecule has 384 valence electrons. The zero-order valence-corrected chi connectivity index (χ0v) is 46.0. The highest BCUT2D eigenvalue weighted by Gasteiger charge is 2.46. The Labute approximate surface area is 424 Å². The van der Waals surface area contributed by atoms with Gasteiger partial charge in [0.15, 0.2) is 0 Å². The van der Waals surface area contributed by atoms with Crippen LogP contribution in [0.25, 0.3) is 20.9 Å². The number of carbonyl (C=O) groups excluding carboxylic acids is 4. The molecule has 70 heavy (non-hydrogen) atoms. The number of rotatable bonds is 12. The van der Waals surface area contributed by atoms with Crippen molar-refractivity contribution in [1.82, 2.24) is 41.0 Å². The molecule has 4 amide bonds. The second kappa shape index (κ2) is 22.5. The van der Waals surface area contributed by atoms with Crippen molar-refractivity contribution in [1.29, 1.82) is 0 Å². The van der Waals surface area contributed by atoms with Gasteiger partial charge in [0.2, 0.25) is 23.6 Å². The van der Waals surface area contributed by atoms with E-state index in [1.54, 1.807) is 32.5 Å². The van der Waals surface area contributed by atoms with Crippen molar-refractivity contribution in [3.8, 4) is 20.9 Å². The number of aliphatic hydroxyl groups excluding tert-OH is 2. The average molecular weight is 1000 g/mol. The average Bonchev–Trinajstić information content (AvgIpc) is 4.07. The van der Waals surface area contributed by atoms with Crippen LogP contribution in [0.15, 0.2) is 59.6 Å². The largest absolute Gasteiger partial charge is 0.391 e. The number of β-amino-alcohol motifs (C(OH)–C–C–N with tert-alkyl or cyclic N) is 2. The van der Waals surface area contributed by atoms with Crippen molar-refractivity contribution in [3.05, 3.63) is 82.1 Å². The fraction of sp³-hybridized carbons (Fsp3) is 0.593. The first-order valence-corrected chi connectivity index (χ1v) is 26.2. The van der Waals surface area contributed by atoms with Gasteiger partial charge >= 0.3 is 0 Å². The van der Waals surface area contributed by atoms with Crippen LogP contribution in [0.5, 0.6) is 0 Å². The van der Waals surface area contributed by atoms with E-state index in [1.807, 2.05) is 170 Å². The van der Waals surface area contributed by atoms with Crippen LogP contribution in [0.1, 0.15) is 144 Å². The fourth-order valence-electron chi connectivity index (χ4n) is 8.90. The van der Waals surface area contributed by atoms with Gasteiger partial charge in [-0.05, 0) is 102 Å². The number of nitrogens with zero attached hydrogens (tertiary/aromatic N) is 4. The number of carbonyl (C=O) groups is 4. The van der Waals surface area contributed by atoms with E-state index in [1.165, 1.54) is 0 Å². The molecule has 8 atom stereocenters. The lowest BCUT2D eigenvalue weighted by Gasteiger charge is -2.39. The molecule has 0 bridgehead atoms. The molecule has 4 heterocycles. The number of amides is 4. The minimum absolute atomic E-state index is 0.152. The molecule has 1 unspecified atom stereocenters. The molecule has 0 aliphatic carbocycles. The van der Waals surface area contributed by atoms with Crippen LogP contribution in [-0.4, -0.2) is 114 Å². The zero-order chi connectivity index (χ0) is 52.3. The summed E-state index contributed by atoms with van der Waals surface area (Å²) in [6.45, 7) is 32.3. The van der Waals surface area contributed by atoms with E-state index >= 15 is 0 Å². The standard InChI is InChI=1S/2C27H40N4O3S/c2*1-16(18-9-11-19(12-10-18)22-17(2)28-15-35-22)29-24(33)21-13-20(32)14-31(21)25(34)23(26(3,4)5)30-27(6,7)8/h2*9-12,15-16,20-21,23,30,32H,13-14H2,1-8H3,(H,29,33)/t16-,20+,21?,23+;16-,20+,21-,23+/m10/s1. The molecular formula is C54H80N8O6S2. The summed E-state index contributed by atoms with van der Waals surface area (Å²) >= 11 is 3.21. The van der Waals surface area contributed by atoms with E-state index in [9.17, 15) is 29.4 Å². The Kier molecular flexibility index (Phi) is 18.1. The summed E-state index contributed by atoms with van der Waals surface area (Å²) in [5.41, 5.74) is 8.57. The van der Waals surface area contributed by atoms with Crippen LogP contribution in [-0.2, 0) is 19.2 Å². The van der Waals surface area contributed by atoms with E-state index in [0.717, 1.165) is 43.4 Å². The number of likely N-dealkylation sites (tertiary alicyclic amines) is 2. The van der Waals surface area contributed by atoms with Gasteiger partial charge in [-0.2, -0.15) is 0 Å². The second-order valence-electron chi connectivity index (χ2n) is 23.4. The number of aromatic nitrogens is 2. The van der Waals surface area contributed by atoms with Gasteiger partial charge in [-0.25, -0.2) is 9.97 Å². The third-order valence-electron chi connectivity index (χ3n) is 12.7. The van der Waals surface area contributed by atoms with Crippen LogP contribution < -0.4 is 21.3 Å². The summed E-state index contributed by atoms with van der Waals surface area (Å²) in [4.78, 5) is 67.9. The van der Waals surface area contributed by atoms with E-state index in [-0.39, 0.29) is 83.6 Å². The van der Waals surface area contributed by atoms with Gasteiger partial charge in [0.05, 0.1) is 68.5 Å². The van der Waals surface area contributed by atoms with Gasteiger partial charge in [-0.3, -0.25) is 19.2 Å². The molecule has 2 aliphatic rings. The van der Waals surface area contributed by atoms with E-state index in [4.69, 9.17) is 0 Å². The fourth-order valence-corrected chi connectivity index (χ4v) is 10.5. The quantitative estimate of drug-likeness (QED) is 0.0809. The minimum Gasteiger partial charge on any atom is -0.391 e. The van der Waals surface area contributed by atoms with Crippen molar-refractivity contribution in [2.75, 3.05) is 13.1 Å². The van der Waals surface area contributed by atoms with Crippen molar-refractivity contribution in [2.45, 2.75) is 183 Å². The maximum Gasteiger partial charge on any atom is 0.243 e. The number of aryl methyl sites for hydroxylation is 2. The predicted molar refractivity (Wildman–Crippen MR) is 282 cm³/mol. The second-order valence-corrected chi connectivity index (χ2v) is 25.1. The van der Waals surface area contributed by atoms with Crippen molar-refractivity contribution < 1.29 is 29.4 Å². The molecule has 6 rings (SSSR count). The summed E-state index contributed by atoms with van der Waals surface area (Å²) in [5.74, 6) is -0.788. The first-order chi connectivity index (χ1) is 32.3. The molecule has 16 heteroatoms. The number of benzene rings is 2. The Balaban J connectivity index is 0.000000261. The Hall–Kier alpha value is -4.58. The maximum atomic E-state index is 13.6. The van der Waals surface area contributed by atoms with Gasteiger partial charge in [-0.1, -0.05) is 90.1 Å². The molecule has 4 aromatic rings. The Morgan fingerprint density at radius 3 is 1.14 bits per heavy atom. The summed E-state index contributed by atoms with van der Waals surface area (Å²) in [7, 11) is 0. The topological polar surface area (TPSA) is 189 Å².